The van der Waals surface area contributed by atoms with Crippen molar-refractivity contribution in [3.8, 4) is 0 Å². The Hall–Kier alpha value is -1.22. The first-order valence-corrected chi connectivity index (χ1v) is 10.5. The standard InChI is InChI=1S/C22H32N2S/c1-18(23-22(17-25)19-11-5-2-6-12-19)24(20-13-7-3-8-14-20)21-15-9-4-10-16-21/h2,5-6,11-12,17,20-21,25H,3-4,7-10,13-16H2,1H3/b22-17-,23-18?. The SMILES string of the molecule is CC(=N/C(=C\S)c1ccccc1)N(C1CCCCC1)C1CCCCC1. The average molecular weight is 357 g/mol. The van der Waals surface area contributed by atoms with Crippen molar-refractivity contribution in [2.24, 2.45) is 4.99 Å². The van der Waals surface area contributed by atoms with Crippen LogP contribution in [0.15, 0.2) is 40.7 Å². The number of nitrogens with zero attached hydrogens (tertiary/aromatic N) is 2. The molecule has 2 saturated carbocycles. The van der Waals surface area contributed by atoms with Gasteiger partial charge in [0, 0.05) is 17.6 Å². The third-order valence-electron chi connectivity index (χ3n) is 5.78. The van der Waals surface area contributed by atoms with E-state index in [9.17, 15) is 0 Å². The van der Waals surface area contributed by atoms with Crippen LogP contribution in [0.5, 0.6) is 0 Å². The highest BCUT2D eigenvalue weighted by atomic mass is 32.1. The lowest BCUT2D eigenvalue weighted by atomic mass is 9.88. The van der Waals surface area contributed by atoms with Crippen molar-refractivity contribution in [1.82, 2.24) is 4.90 Å². The van der Waals surface area contributed by atoms with Crippen molar-refractivity contribution in [3.05, 3.63) is 41.3 Å². The summed E-state index contributed by atoms with van der Waals surface area (Å²) in [6, 6.07) is 11.8. The Morgan fingerprint density at radius 3 is 1.92 bits per heavy atom. The summed E-state index contributed by atoms with van der Waals surface area (Å²) >= 11 is 4.44. The Kier molecular flexibility index (Phi) is 7.03. The second-order valence-corrected chi connectivity index (χ2v) is 7.79. The Bertz CT molecular complexity index is 563. The highest BCUT2D eigenvalue weighted by molar-refractivity contribution is 7.83. The molecular formula is C22H32N2S. The first-order chi connectivity index (χ1) is 12.3. The van der Waals surface area contributed by atoms with Crippen LogP contribution in [0.25, 0.3) is 5.70 Å². The molecule has 0 atom stereocenters. The van der Waals surface area contributed by atoms with E-state index in [-0.39, 0.29) is 0 Å². The van der Waals surface area contributed by atoms with E-state index in [1.807, 2.05) is 11.5 Å². The molecule has 0 unspecified atom stereocenters. The maximum absolute atomic E-state index is 5.04. The van der Waals surface area contributed by atoms with Gasteiger partial charge in [-0.1, -0.05) is 68.9 Å². The van der Waals surface area contributed by atoms with Crippen molar-refractivity contribution < 1.29 is 0 Å². The summed E-state index contributed by atoms with van der Waals surface area (Å²) in [6.07, 6.45) is 13.6. The lowest BCUT2D eigenvalue weighted by Crippen LogP contribution is -2.47. The van der Waals surface area contributed by atoms with E-state index in [0.717, 1.165) is 11.3 Å². The molecule has 0 bridgehead atoms. The second-order valence-electron chi connectivity index (χ2n) is 7.53. The van der Waals surface area contributed by atoms with Gasteiger partial charge in [-0.25, -0.2) is 4.99 Å². The minimum absolute atomic E-state index is 0.678. The van der Waals surface area contributed by atoms with Crippen molar-refractivity contribution in [2.75, 3.05) is 0 Å². The van der Waals surface area contributed by atoms with Crippen LogP contribution in [0.4, 0.5) is 0 Å². The molecule has 0 aliphatic heterocycles. The molecule has 0 spiro atoms. The molecule has 0 saturated heterocycles. The molecule has 3 rings (SSSR count). The highest BCUT2D eigenvalue weighted by Gasteiger charge is 2.29. The number of thiol groups is 1. The summed E-state index contributed by atoms with van der Waals surface area (Å²) in [5.41, 5.74) is 2.11. The van der Waals surface area contributed by atoms with Crippen LogP contribution in [0, 0.1) is 0 Å². The van der Waals surface area contributed by atoms with E-state index in [1.165, 1.54) is 70.0 Å². The van der Waals surface area contributed by atoms with Crippen LogP contribution in [0.3, 0.4) is 0 Å². The molecular weight excluding hydrogens is 324 g/mol. The van der Waals surface area contributed by atoms with Gasteiger partial charge in [0.1, 0.15) is 5.84 Å². The van der Waals surface area contributed by atoms with Crippen LogP contribution in [0.2, 0.25) is 0 Å². The van der Waals surface area contributed by atoms with E-state index < -0.39 is 0 Å². The highest BCUT2D eigenvalue weighted by Crippen LogP contribution is 2.31. The zero-order valence-corrected chi connectivity index (χ0v) is 16.4. The smallest absolute Gasteiger partial charge is 0.102 e. The van der Waals surface area contributed by atoms with Crippen molar-refractivity contribution in [2.45, 2.75) is 83.2 Å². The fraction of sp³-hybridized carbons (Fsp3) is 0.591. The van der Waals surface area contributed by atoms with Gasteiger partial charge in [0.2, 0.25) is 0 Å². The van der Waals surface area contributed by atoms with Crippen LogP contribution in [-0.2, 0) is 0 Å². The van der Waals surface area contributed by atoms with E-state index in [2.05, 4.69) is 48.7 Å². The average Bonchev–Trinajstić information content (AvgIpc) is 2.69. The molecule has 0 heterocycles. The Balaban J connectivity index is 1.85. The van der Waals surface area contributed by atoms with Crippen molar-refractivity contribution in [1.29, 1.82) is 0 Å². The number of benzene rings is 1. The third-order valence-corrected chi connectivity index (χ3v) is 6.03. The molecule has 25 heavy (non-hydrogen) atoms. The van der Waals surface area contributed by atoms with Gasteiger partial charge in [-0.2, -0.15) is 0 Å². The van der Waals surface area contributed by atoms with Crippen molar-refractivity contribution in [3.63, 3.8) is 0 Å². The van der Waals surface area contributed by atoms with Gasteiger partial charge in [0.25, 0.3) is 0 Å². The minimum atomic E-state index is 0.678. The number of hydrogen-bond donors (Lipinski definition) is 1. The van der Waals surface area contributed by atoms with Gasteiger partial charge < -0.3 is 4.90 Å². The molecule has 2 fully saturated rings. The number of aliphatic imine (C=N–C) groups is 1. The zero-order valence-electron chi connectivity index (χ0n) is 15.5. The summed E-state index contributed by atoms with van der Waals surface area (Å²) in [6.45, 7) is 2.21. The Morgan fingerprint density at radius 2 is 1.44 bits per heavy atom. The quantitative estimate of drug-likeness (QED) is 0.380. The van der Waals surface area contributed by atoms with Gasteiger partial charge in [-0.3, -0.25) is 0 Å². The maximum atomic E-state index is 5.04. The largest absolute Gasteiger partial charge is 0.354 e. The fourth-order valence-electron chi connectivity index (χ4n) is 4.55. The van der Waals surface area contributed by atoms with E-state index in [1.54, 1.807) is 0 Å². The molecule has 3 heteroatoms. The van der Waals surface area contributed by atoms with Crippen molar-refractivity contribution >= 4 is 24.2 Å². The zero-order chi connectivity index (χ0) is 17.5. The molecule has 136 valence electrons. The molecule has 2 aliphatic rings. The van der Waals surface area contributed by atoms with Gasteiger partial charge >= 0.3 is 0 Å². The third kappa shape index (κ3) is 4.91. The summed E-state index contributed by atoms with van der Waals surface area (Å²) in [4.78, 5) is 7.74. The lowest BCUT2D eigenvalue weighted by Gasteiger charge is -2.43. The molecule has 0 N–H and O–H groups in total. The predicted octanol–water partition coefficient (Wildman–Crippen LogP) is 6.30. The Labute approximate surface area is 158 Å². The van der Waals surface area contributed by atoms with Gasteiger partial charge in [0.15, 0.2) is 0 Å². The topological polar surface area (TPSA) is 15.6 Å². The van der Waals surface area contributed by atoms with E-state index in [0.29, 0.717) is 12.1 Å². The fourth-order valence-corrected chi connectivity index (χ4v) is 4.76. The molecule has 0 amide bonds. The summed E-state index contributed by atoms with van der Waals surface area (Å²) < 4.78 is 0. The lowest BCUT2D eigenvalue weighted by molar-refractivity contribution is 0.157. The first kappa shape index (κ1) is 18.6. The number of rotatable bonds is 4. The maximum Gasteiger partial charge on any atom is 0.102 e. The predicted molar refractivity (Wildman–Crippen MR) is 112 cm³/mol. The molecule has 2 nitrogen and oxygen atoms in total. The van der Waals surface area contributed by atoms with Crippen LogP contribution in [0.1, 0.15) is 76.7 Å². The van der Waals surface area contributed by atoms with Gasteiger partial charge in [-0.15, -0.1) is 12.6 Å². The van der Waals surface area contributed by atoms with Crippen LogP contribution in [-0.4, -0.2) is 22.8 Å². The van der Waals surface area contributed by atoms with Crippen LogP contribution >= 0.6 is 12.6 Å². The summed E-state index contributed by atoms with van der Waals surface area (Å²) in [7, 11) is 0. The van der Waals surface area contributed by atoms with Crippen LogP contribution < -0.4 is 0 Å². The molecule has 0 radical (unpaired) electrons. The van der Waals surface area contributed by atoms with Gasteiger partial charge in [-0.05, 0) is 38.0 Å². The Morgan fingerprint density at radius 1 is 0.920 bits per heavy atom. The number of hydrogen-bond acceptors (Lipinski definition) is 2. The summed E-state index contributed by atoms with van der Waals surface area (Å²) in [5, 5.41) is 1.85. The molecule has 1 aromatic rings. The van der Waals surface area contributed by atoms with E-state index >= 15 is 0 Å². The molecule has 0 aromatic heterocycles. The minimum Gasteiger partial charge on any atom is -0.354 e. The molecule has 2 aliphatic carbocycles. The summed E-state index contributed by atoms with van der Waals surface area (Å²) in [5.74, 6) is 1.18. The molecule has 1 aromatic carbocycles. The normalized spacial score (nSPS) is 21.4. The number of amidine groups is 1. The van der Waals surface area contributed by atoms with Gasteiger partial charge in [0.05, 0.1) is 5.70 Å². The second kappa shape index (κ2) is 9.47. The van der Waals surface area contributed by atoms with E-state index in [4.69, 9.17) is 4.99 Å². The monoisotopic (exact) mass is 356 g/mol. The first-order valence-electron chi connectivity index (χ1n) is 10.0.